The van der Waals surface area contributed by atoms with Crippen LogP contribution in [0.1, 0.15) is 26.7 Å². The molecule has 18 heavy (non-hydrogen) atoms. The van der Waals surface area contributed by atoms with Crippen LogP contribution in [-0.4, -0.2) is 35.3 Å². The van der Waals surface area contributed by atoms with Crippen LogP contribution in [0.4, 0.5) is 11.8 Å². The van der Waals surface area contributed by atoms with E-state index in [0.29, 0.717) is 12.0 Å². The average molecular weight is 315 g/mol. The van der Waals surface area contributed by atoms with Crippen LogP contribution in [0.3, 0.4) is 0 Å². The second-order valence-corrected chi connectivity index (χ2v) is 5.29. The summed E-state index contributed by atoms with van der Waals surface area (Å²) >= 11 is 3.47. The van der Waals surface area contributed by atoms with E-state index < -0.39 is 0 Å². The number of halogens is 1. The van der Waals surface area contributed by atoms with Gasteiger partial charge in [-0.25, -0.2) is 4.98 Å². The van der Waals surface area contributed by atoms with E-state index in [1.165, 1.54) is 0 Å². The first-order valence-corrected chi connectivity index (χ1v) is 7.14. The van der Waals surface area contributed by atoms with Crippen molar-refractivity contribution < 1.29 is 4.74 Å². The minimum Gasteiger partial charge on any atom is -0.376 e. The Labute approximate surface area is 116 Å². The van der Waals surface area contributed by atoms with E-state index in [2.05, 4.69) is 50.4 Å². The standard InChI is InChI=1S/C12H19BrN4O/c1-3-5-14-12-15-7-9(13)11(17-12)16-10-4-6-18-8(10)2/h7-8,10H,3-6H2,1-2H3,(H2,14,15,16,17). The van der Waals surface area contributed by atoms with Gasteiger partial charge in [0, 0.05) is 19.3 Å². The van der Waals surface area contributed by atoms with E-state index in [1.54, 1.807) is 6.20 Å². The van der Waals surface area contributed by atoms with Gasteiger partial charge >= 0.3 is 0 Å². The third-order valence-electron chi connectivity index (χ3n) is 2.98. The van der Waals surface area contributed by atoms with Crippen LogP contribution in [0.5, 0.6) is 0 Å². The molecular weight excluding hydrogens is 296 g/mol. The van der Waals surface area contributed by atoms with Crippen molar-refractivity contribution in [3.05, 3.63) is 10.7 Å². The fourth-order valence-electron chi connectivity index (χ4n) is 1.89. The maximum absolute atomic E-state index is 5.54. The first-order valence-electron chi connectivity index (χ1n) is 6.35. The van der Waals surface area contributed by atoms with Crippen LogP contribution in [0.15, 0.2) is 10.7 Å². The fraction of sp³-hybridized carbons (Fsp3) is 0.667. The average Bonchev–Trinajstić information content (AvgIpc) is 2.76. The molecule has 2 N–H and O–H groups in total. The van der Waals surface area contributed by atoms with Crippen LogP contribution in [0.25, 0.3) is 0 Å². The lowest BCUT2D eigenvalue weighted by atomic mass is 10.1. The van der Waals surface area contributed by atoms with E-state index >= 15 is 0 Å². The Morgan fingerprint density at radius 1 is 1.56 bits per heavy atom. The Morgan fingerprint density at radius 3 is 3.06 bits per heavy atom. The summed E-state index contributed by atoms with van der Waals surface area (Å²) in [4.78, 5) is 8.70. The number of rotatable bonds is 5. The molecular formula is C12H19BrN4O. The van der Waals surface area contributed by atoms with Crippen molar-refractivity contribution in [1.82, 2.24) is 9.97 Å². The van der Waals surface area contributed by atoms with Gasteiger partial charge in [-0.3, -0.25) is 0 Å². The van der Waals surface area contributed by atoms with Gasteiger partial charge in [0.2, 0.25) is 5.95 Å². The van der Waals surface area contributed by atoms with Crippen LogP contribution in [0.2, 0.25) is 0 Å². The van der Waals surface area contributed by atoms with Gasteiger partial charge in [-0.05, 0) is 35.7 Å². The molecule has 2 unspecified atom stereocenters. The third-order valence-corrected chi connectivity index (χ3v) is 3.56. The van der Waals surface area contributed by atoms with Crippen LogP contribution >= 0.6 is 15.9 Å². The molecule has 1 saturated heterocycles. The molecule has 2 rings (SSSR count). The summed E-state index contributed by atoms with van der Waals surface area (Å²) in [5.74, 6) is 1.49. The molecule has 2 heterocycles. The van der Waals surface area contributed by atoms with Gasteiger partial charge in [0.1, 0.15) is 5.82 Å². The van der Waals surface area contributed by atoms with Crippen molar-refractivity contribution >= 4 is 27.7 Å². The molecule has 1 aliphatic rings. The van der Waals surface area contributed by atoms with Gasteiger partial charge in [-0.15, -0.1) is 0 Å². The topological polar surface area (TPSA) is 59.1 Å². The number of ether oxygens (including phenoxy) is 1. The fourth-order valence-corrected chi connectivity index (χ4v) is 2.19. The van der Waals surface area contributed by atoms with E-state index in [0.717, 1.165) is 36.3 Å². The summed E-state index contributed by atoms with van der Waals surface area (Å²) in [6, 6.07) is 0.315. The molecule has 1 aliphatic heterocycles. The Kier molecular flexibility index (Phi) is 4.77. The lowest BCUT2D eigenvalue weighted by molar-refractivity contribution is 0.121. The molecule has 6 heteroatoms. The van der Waals surface area contributed by atoms with Crippen LogP contribution in [-0.2, 0) is 4.74 Å². The lowest BCUT2D eigenvalue weighted by Crippen LogP contribution is -2.27. The molecule has 0 amide bonds. The molecule has 0 bridgehead atoms. The smallest absolute Gasteiger partial charge is 0.224 e. The third kappa shape index (κ3) is 3.32. The first kappa shape index (κ1) is 13.5. The number of nitrogens with zero attached hydrogens (tertiary/aromatic N) is 2. The van der Waals surface area contributed by atoms with Gasteiger partial charge < -0.3 is 15.4 Å². The molecule has 2 atom stereocenters. The quantitative estimate of drug-likeness (QED) is 0.875. The molecule has 5 nitrogen and oxygen atoms in total. The maximum atomic E-state index is 5.54. The Hall–Kier alpha value is -0.880. The summed E-state index contributed by atoms with van der Waals surface area (Å²) in [5.41, 5.74) is 0. The molecule has 1 aromatic heterocycles. The molecule has 1 fully saturated rings. The highest BCUT2D eigenvalue weighted by Gasteiger charge is 2.25. The molecule has 1 aromatic rings. The summed E-state index contributed by atoms with van der Waals surface area (Å²) in [6.45, 7) is 5.88. The predicted molar refractivity (Wildman–Crippen MR) is 76.0 cm³/mol. The summed E-state index contributed by atoms with van der Waals surface area (Å²) in [6.07, 6.45) is 4.05. The number of hydrogen-bond donors (Lipinski definition) is 2. The zero-order chi connectivity index (χ0) is 13.0. The highest BCUT2D eigenvalue weighted by Crippen LogP contribution is 2.24. The van der Waals surface area contributed by atoms with Crippen molar-refractivity contribution in [1.29, 1.82) is 0 Å². The van der Waals surface area contributed by atoms with Crippen molar-refractivity contribution in [2.45, 2.75) is 38.8 Å². The monoisotopic (exact) mass is 314 g/mol. The predicted octanol–water partition coefficient (Wildman–Crippen LogP) is 2.65. The normalized spacial score (nSPS) is 23.1. The Bertz CT molecular complexity index is 402. The number of anilines is 2. The largest absolute Gasteiger partial charge is 0.376 e. The highest BCUT2D eigenvalue weighted by molar-refractivity contribution is 9.10. The number of nitrogens with one attached hydrogen (secondary N) is 2. The van der Waals surface area contributed by atoms with E-state index in [-0.39, 0.29) is 6.10 Å². The minimum atomic E-state index is 0.221. The molecule has 0 radical (unpaired) electrons. The van der Waals surface area contributed by atoms with Gasteiger partial charge in [-0.1, -0.05) is 6.92 Å². The summed E-state index contributed by atoms with van der Waals surface area (Å²) in [5, 5.41) is 6.60. The SMILES string of the molecule is CCCNc1ncc(Br)c(NC2CCOC2C)n1. The van der Waals surface area contributed by atoms with E-state index in [9.17, 15) is 0 Å². The molecule has 0 spiro atoms. The molecule has 0 saturated carbocycles. The maximum Gasteiger partial charge on any atom is 0.224 e. The van der Waals surface area contributed by atoms with Crippen molar-refractivity contribution in [3.8, 4) is 0 Å². The van der Waals surface area contributed by atoms with Gasteiger partial charge in [0.15, 0.2) is 0 Å². The Morgan fingerprint density at radius 2 is 2.39 bits per heavy atom. The highest BCUT2D eigenvalue weighted by atomic mass is 79.9. The Balaban J connectivity index is 2.06. The molecule has 0 aromatic carbocycles. The zero-order valence-corrected chi connectivity index (χ0v) is 12.3. The van der Waals surface area contributed by atoms with Crippen LogP contribution in [0, 0.1) is 0 Å². The summed E-state index contributed by atoms with van der Waals surface area (Å²) < 4.78 is 6.41. The molecule has 0 aliphatic carbocycles. The van der Waals surface area contributed by atoms with Crippen molar-refractivity contribution in [2.24, 2.45) is 0 Å². The van der Waals surface area contributed by atoms with E-state index in [1.807, 2.05) is 0 Å². The van der Waals surface area contributed by atoms with E-state index in [4.69, 9.17) is 4.74 Å². The van der Waals surface area contributed by atoms with Crippen molar-refractivity contribution in [3.63, 3.8) is 0 Å². The second-order valence-electron chi connectivity index (χ2n) is 4.43. The van der Waals surface area contributed by atoms with Crippen LogP contribution < -0.4 is 10.6 Å². The van der Waals surface area contributed by atoms with Gasteiger partial charge in [0.25, 0.3) is 0 Å². The first-order chi connectivity index (χ1) is 8.70. The van der Waals surface area contributed by atoms with Gasteiger partial charge in [0.05, 0.1) is 16.6 Å². The summed E-state index contributed by atoms with van der Waals surface area (Å²) in [7, 11) is 0. The zero-order valence-electron chi connectivity index (χ0n) is 10.7. The van der Waals surface area contributed by atoms with Crippen molar-refractivity contribution in [2.75, 3.05) is 23.8 Å². The second kappa shape index (κ2) is 6.33. The minimum absolute atomic E-state index is 0.221. The molecule has 100 valence electrons. The lowest BCUT2D eigenvalue weighted by Gasteiger charge is -2.18. The van der Waals surface area contributed by atoms with Gasteiger partial charge in [-0.2, -0.15) is 4.98 Å². The number of aromatic nitrogens is 2. The number of hydrogen-bond acceptors (Lipinski definition) is 5.